The van der Waals surface area contributed by atoms with Crippen molar-refractivity contribution >= 4 is 17.3 Å². The van der Waals surface area contributed by atoms with Gasteiger partial charge in [-0.05, 0) is 19.1 Å². The molecule has 0 aliphatic carbocycles. The van der Waals surface area contributed by atoms with E-state index in [-0.39, 0.29) is 5.56 Å². The Hall–Kier alpha value is -1.09. The van der Waals surface area contributed by atoms with Gasteiger partial charge in [0.1, 0.15) is 5.82 Å². The van der Waals surface area contributed by atoms with E-state index in [0.29, 0.717) is 10.7 Å². The largest absolute Gasteiger partial charge is 0.323 e. The zero-order chi connectivity index (χ0) is 9.14. The lowest BCUT2D eigenvalue weighted by atomic mass is 10.1. The quantitative estimate of drug-likeness (QED) is 0.408. The van der Waals surface area contributed by atoms with Gasteiger partial charge in [-0.1, -0.05) is 17.7 Å². The molecule has 0 spiro atoms. The van der Waals surface area contributed by atoms with Crippen LogP contribution in [0.2, 0.25) is 5.02 Å². The highest BCUT2D eigenvalue weighted by molar-refractivity contribution is 6.34. The van der Waals surface area contributed by atoms with Gasteiger partial charge in [0.2, 0.25) is 0 Å². The second-order valence-corrected chi connectivity index (χ2v) is 2.72. The maximum Gasteiger partial charge on any atom is 0.133 e. The minimum absolute atomic E-state index is 0.265. The summed E-state index contributed by atoms with van der Waals surface area (Å²) in [7, 11) is 0. The molecular formula is C8H8ClFN2. The normalized spacial score (nSPS) is 11.8. The van der Waals surface area contributed by atoms with E-state index >= 15 is 0 Å². The lowest BCUT2D eigenvalue weighted by molar-refractivity contribution is 0.625. The molecule has 0 heterocycles. The Morgan fingerprint density at radius 3 is 2.75 bits per heavy atom. The van der Waals surface area contributed by atoms with Crippen molar-refractivity contribution in [2.75, 3.05) is 0 Å². The van der Waals surface area contributed by atoms with Crippen LogP contribution in [0.25, 0.3) is 0 Å². The molecule has 1 rings (SSSR count). The molecule has 0 amide bonds. The second-order valence-electron chi connectivity index (χ2n) is 2.31. The van der Waals surface area contributed by atoms with Crippen LogP contribution in [0.1, 0.15) is 12.5 Å². The summed E-state index contributed by atoms with van der Waals surface area (Å²) in [4.78, 5) is 0. The summed E-state index contributed by atoms with van der Waals surface area (Å²) >= 11 is 5.73. The number of hydrazone groups is 1. The number of nitrogens with two attached hydrogens (primary N) is 1. The van der Waals surface area contributed by atoms with Crippen molar-refractivity contribution < 1.29 is 4.39 Å². The van der Waals surface area contributed by atoms with Crippen molar-refractivity contribution in [2.24, 2.45) is 10.9 Å². The SMILES string of the molecule is C/C(=N/N)c1c(F)cccc1Cl. The third-order valence-electron chi connectivity index (χ3n) is 1.52. The molecule has 64 valence electrons. The van der Waals surface area contributed by atoms with Gasteiger partial charge in [-0.2, -0.15) is 5.10 Å². The standard InChI is InChI=1S/C8H8ClFN2/c1-5(12-11)8-6(9)3-2-4-7(8)10/h2-4H,11H2,1H3/b12-5-. The Morgan fingerprint density at radius 2 is 2.25 bits per heavy atom. The van der Waals surface area contributed by atoms with E-state index in [1.807, 2.05) is 0 Å². The molecule has 0 unspecified atom stereocenters. The van der Waals surface area contributed by atoms with Crippen LogP contribution in [0.4, 0.5) is 4.39 Å². The monoisotopic (exact) mass is 186 g/mol. The first-order valence-electron chi connectivity index (χ1n) is 3.35. The van der Waals surface area contributed by atoms with Crippen molar-refractivity contribution in [3.05, 3.63) is 34.6 Å². The zero-order valence-corrected chi connectivity index (χ0v) is 7.27. The molecule has 2 nitrogen and oxygen atoms in total. The molecule has 4 heteroatoms. The van der Waals surface area contributed by atoms with E-state index in [1.165, 1.54) is 12.1 Å². The van der Waals surface area contributed by atoms with Crippen molar-refractivity contribution in [3.8, 4) is 0 Å². The van der Waals surface area contributed by atoms with Crippen LogP contribution in [0.3, 0.4) is 0 Å². The van der Waals surface area contributed by atoms with Crippen LogP contribution in [-0.2, 0) is 0 Å². The number of rotatable bonds is 1. The maximum absolute atomic E-state index is 13.1. The average molecular weight is 187 g/mol. The summed E-state index contributed by atoms with van der Waals surface area (Å²) in [6.07, 6.45) is 0. The van der Waals surface area contributed by atoms with E-state index in [0.717, 1.165) is 0 Å². The maximum atomic E-state index is 13.1. The Labute approximate surface area is 74.8 Å². The van der Waals surface area contributed by atoms with Crippen LogP contribution in [0.5, 0.6) is 0 Å². The Morgan fingerprint density at radius 1 is 1.58 bits per heavy atom. The van der Waals surface area contributed by atoms with Gasteiger partial charge in [0.15, 0.2) is 0 Å². The number of hydrogen-bond donors (Lipinski definition) is 1. The third-order valence-corrected chi connectivity index (χ3v) is 1.83. The fourth-order valence-corrected chi connectivity index (χ4v) is 1.21. The van der Waals surface area contributed by atoms with E-state index in [9.17, 15) is 4.39 Å². The van der Waals surface area contributed by atoms with Crippen molar-refractivity contribution in [2.45, 2.75) is 6.92 Å². The van der Waals surface area contributed by atoms with Gasteiger partial charge in [0.25, 0.3) is 0 Å². The van der Waals surface area contributed by atoms with E-state index in [2.05, 4.69) is 5.10 Å². The van der Waals surface area contributed by atoms with Crippen LogP contribution in [0.15, 0.2) is 23.3 Å². The van der Waals surface area contributed by atoms with E-state index < -0.39 is 5.82 Å². The molecule has 0 aromatic heterocycles. The molecule has 2 N–H and O–H groups in total. The van der Waals surface area contributed by atoms with Gasteiger partial charge < -0.3 is 5.84 Å². The molecule has 0 saturated heterocycles. The fraction of sp³-hybridized carbons (Fsp3) is 0.125. The number of hydrogen-bond acceptors (Lipinski definition) is 2. The zero-order valence-electron chi connectivity index (χ0n) is 6.51. The van der Waals surface area contributed by atoms with Crippen molar-refractivity contribution in [3.63, 3.8) is 0 Å². The number of nitrogens with zero attached hydrogens (tertiary/aromatic N) is 1. The van der Waals surface area contributed by atoms with Crippen LogP contribution < -0.4 is 5.84 Å². The first-order valence-corrected chi connectivity index (χ1v) is 3.73. The summed E-state index contributed by atoms with van der Waals surface area (Å²) in [5, 5.41) is 3.69. The molecule has 12 heavy (non-hydrogen) atoms. The highest BCUT2D eigenvalue weighted by Gasteiger charge is 2.08. The molecule has 0 fully saturated rings. The summed E-state index contributed by atoms with van der Waals surface area (Å²) < 4.78 is 13.1. The summed E-state index contributed by atoms with van der Waals surface area (Å²) in [5.41, 5.74) is 0.653. The Balaban J connectivity index is 3.31. The highest BCUT2D eigenvalue weighted by atomic mass is 35.5. The fourth-order valence-electron chi connectivity index (χ4n) is 0.908. The summed E-state index contributed by atoms with van der Waals surface area (Å²) in [6.45, 7) is 1.60. The summed E-state index contributed by atoms with van der Waals surface area (Å²) in [5.74, 6) is 4.60. The van der Waals surface area contributed by atoms with E-state index in [1.54, 1.807) is 13.0 Å². The first-order chi connectivity index (χ1) is 5.66. The first kappa shape index (κ1) is 9.00. The molecule has 0 radical (unpaired) electrons. The van der Waals surface area contributed by atoms with Crippen molar-refractivity contribution in [1.82, 2.24) is 0 Å². The molecule has 0 aliphatic rings. The van der Waals surface area contributed by atoms with Gasteiger partial charge in [0.05, 0.1) is 16.3 Å². The van der Waals surface area contributed by atoms with Crippen LogP contribution in [-0.4, -0.2) is 5.71 Å². The predicted octanol–water partition coefficient (Wildman–Crippen LogP) is 2.16. The van der Waals surface area contributed by atoms with Crippen molar-refractivity contribution in [1.29, 1.82) is 0 Å². The second kappa shape index (κ2) is 3.54. The molecule has 0 bridgehead atoms. The molecule has 0 saturated carbocycles. The highest BCUT2D eigenvalue weighted by Crippen LogP contribution is 2.19. The van der Waals surface area contributed by atoms with Gasteiger partial charge in [-0.25, -0.2) is 4.39 Å². The molecule has 1 aromatic rings. The number of benzene rings is 1. The lowest BCUT2D eigenvalue weighted by Gasteiger charge is -2.02. The Bertz CT molecular complexity index is 303. The van der Waals surface area contributed by atoms with Crippen LogP contribution in [0, 0.1) is 5.82 Å². The minimum Gasteiger partial charge on any atom is -0.323 e. The Kier molecular flexibility index (Phi) is 2.65. The molecule has 0 atom stereocenters. The molecule has 0 aliphatic heterocycles. The molecular weight excluding hydrogens is 179 g/mol. The minimum atomic E-state index is -0.408. The topological polar surface area (TPSA) is 38.4 Å². The van der Waals surface area contributed by atoms with E-state index in [4.69, 9.17) is 17.4 Å². The predicted molar refractivity (Wildman–Crippen MR) is 47.8 cm³/mol. The van der Waals surface area contributed by atoms with Gasteiger partial charge in [-0.3, -0.25) is 0 Å². The van der Waals surface area contributed by atoms with Gasteiger partial charge in [-0.15, -0.1) is 0 Å². The van der Waals surface area contributed by atoms with Gasteiger partial charge in [0, 0.05) is 0 Å². The van der Waals surface area contributed by atoms with Crippen LogP contribution >= 0.6 is 11.6 Å². The molecule has 1 aromatic carbocycles. The lowest BCUT2D eigenvalue weighted by Crippen LogP contribution is -2.02. The van der Waals surface area contributed by atoms with Gasteiger partial charge >= 0.3 is 0 Å². The smallest absolute Gasteiger partial charge is 0.133 e. The summed E-state index contributed by atoms with van der Waals surface area (Å²) in [6, 6.07) is 4.44. The number of halogens is 2. The third kappa shape index (κ3) is 1.56. The average Bonchev–Trinajstić information content (AvgIpc) is 2.03.